The fourth-order valence-corrected chi connectivity index (χ4v) is 2.13. The molecule has 1 rings (SSSR count). The van der Waals surface area contributed by atoms with Gasteiger partial charge in [0.15, 0.2) is 0 Å². The average Bonchev–Trinajstić information content (AvgIpc) is 1.92. The molecule has 0 heterocycles. The molecule has 0 aromatic heterocycles. The Morgan fingerprint density at radius 2 is 2.00 bits per heavy atom. The van der Waals surface area contributed by atoms with E-state index >= 15 is 0 Å². The molecule has 0 spiro atoms. The maximum atomic E-state index is 9.73. The van der Waals surface area contributed by atoms with Crippen LogP contribution in [0.5, 0.6) is 0 Å². The van der Waals surface area contributed by atoms with Crippen molar-refractivity contribution in [2.45, 2.75) is 19.4 Å². The third-order valence-corrected chi connectivity index (χ3v) is 2.76. The normalized spacial score (nSPS) is 11.8. The Bertz CT molecular complexity index is 291. The monoisotopic (exact) mass is 296 g/mol. The summed E-state index contributed by atoms with van der Waals surface area (Å²) in [6.45, 7) is 3.50. The molecule has 12 heavy (non-hydrogen) atoms. The second-order valence-electron chi connectivity index (χ2n) is 3.18. The zero-order valence-corrected chi connectivity index (χ0v) is 9.85. The summed E-state index contributed by atoms with van der Waals surface area (Å²) in [5, 5.41) is 10.4. The summed E-state index contributed by atoms with van der Waals surface area (Å²) in [7, 11) is 0. The van der Waals surface area contributed by atoms with Crippen molar-refractivity contribution in [3.8, 4) is 0 Å². The maximum absolute atomic E-state index is 9.73. The fourth-order valence-electron chi connectivity index (χ4n) is 0.966. The molecular weight excluding hydrogens is 286 g/mol. The minimum absolute atomic E-state index is 0.660. The molecule has 0 unspecified atom stereocenters. The predicted molar refractivity (Wildman–Crippen MR) is 59.4 cm³/mol. The summed E-state index contributed by atoms with van der Waals surface area (Å²) in [4.78, 5) is 0. The fraction of sp³-hybridized carbons (Fsp3) is 0.333. The van der Waals surface area contributed by atoms with Gasteiger partial charge in [0.1, 0.15) is 0 Å². The zero-order valence-electron chi connectivity index (χ0n) is 6.94. The van der Waals surface area contributed by atoms with Gasteiger partial charge >= 0.3 is 0 Å². The minimum Gasteiger partial charge on any atom is -0.386 e. The van der Waals surface area contributed by atoms with Gasteiger partial charge in [0.25, 0.3) is 0 Å². The Balaban J connectivity index is 3.23. The molecule has 0 aliphatic heterocycles. The van der Waals surface area contributed by atoms with Crippen molar-refractivity contribution in [3.05, 3.63) is 32.4 Å². The first-order valence-corrected chi connectivity index (χ1v) is 5.05. The molecule has 0 bridgehead atoms. The first kappa shape index (κ1) is 10.3. The van der Waals surface area contributed by atoms with Gasteiger partial charge in [-0.05, 0) is 60.2 Å². The van der Waals surface area contributed by atoms with Crippen molar-refractivity contribution in [1.29, 1.82) is 0 Å². The van der Waals surface area contributed by atoms with Crippen molar-refractivity contribution in [3.63, 3.8) is 0 Å². The van der Waals surface area contributed by atoms with E-state index in [4.69, 9.17) is 11.6 Å². The summed E-state index contributed by atoms with van der Waals surface area (Å²) < 4.78 is 1.03. The zero-order chi connectivity index (χ0) is 9.35. The second-order valence-corrected chi connectivity index (χ2v) is 4.78. The number of hydrogen-bond donors (Lipinski definition) is 1. The van der Waals surface area contributed by atoms with Crippen LogP contribution >= 0.6 is 34.2 Å². The first-order valence-electron chi connectivity index (χ1n) is 3.59. The molecular formula is C9H10ClIO. The topological polar surface area (TPSA) is 20.2 Å². The van der Waals surface area contributed by atoms with E-state index in [1.54, 1.807) is 19.9 Å². The van der Waals surface area contributed by atoms with Gasteiger partial charge in [-0.15, -0.1) is 0 Å². The molecule has 1 aromatic carbocycles. The van der Waals surface area contributed by atoms with Crippen molar-refractivity contribution < 1.29 is 5.11 Å². The third kappa shape index (κ3) is 2.34. The lowest BCUT2D eigenvalue weighted by Crippen LogP contribution is -2.16. The third-order valence-electron chi connectivity index (χ3n) is 1.59. The summed E-state index contributed by atoms with van der Waals surface area (Å²) in [5.74, 6) is 0. The predicted octanol–water partition coefficient (Wildman–Crippen LogP) is 3.17. The molecule has 1 aromatic rings. The summed E-state index contributed by atoms with van der Waals surface area (Å²) in [6, 6.07) is 5.51. The van der Waals surface area contributed by atoms with E-state index in [1.165, 1.54) is 0 Å². The van der Waals surface area contributed by atoms with Gasteiger partial charge in [0.2, 0.25) is 0 Å². The Labute approximate surface area is 90.9 Å². The minimum atomic E-state index is -0.818. The molecule has 0 saturated heterocycles. The molecule has 0 atom stereocenters. The van der Waals surface area contributed by atoms with E-state index in [1.807, 2.05) is 12.1 Å². The smallest absolute Gasteiger partial charge is 0.0851 e. The van der Waals surface area contributed by atoms with Gasteiger partial charge in [-0.25, -0.2) is 0 Å². The number of rotatable bonds is 1. The lowest BCUT2D eigenvalue weighted by molar-refractivity contribution is 0.0777. The molecule has 0 saturated carbocycles. The Morgan fingerprint density at radius 3 is 2.42 bits per heavy atom. The quantitative estimate of drug-likeness (QED) is 0.789. The van der Waals surface area contributed by atoms with Crippen LogP contribution in [0.25, 0.3) is 0 Å². The number of hydrogen-bond acceptors (Lipinski definition) is 1. The molecule has 0 amide bonds. The van der Waals surface area contributed by atoms with E-state index in [0.717, 1.165) is 9.13 Å². The molecule has 66 valence electrons. The van der Waals surface area contributed by atoms with Gasteiger partial charge in [0, 0.05) is 8.59 Å². The van der Waals surface area contributed by atoms with Crippen LogP contribution in [-0.2, 0) is 5.60 Å². The van der Waals surface area contributed by atoms with Gasteiger partial charge in [-0.1, -0.05) is 11.6 Å². The average molecular weight is 297 g/mol. The Morgan fingerprint density at radius 1 is 1.42 bits per heavy atom. The summed E-state index contributed by atoms with van der Waals surface area (Å²) >= 11 is 7.99. The van der Waals surface area contributed by atoms with E-state index in [-0.39, 0.29) is 0 Å². The SMILES string of the molecule is CC(C)(O)c1cc(Cl)ccc1I. The summed E-state index contributed by atoms with van der Waals surface area (Å²) in [5.41, 5.74) is 0.0529. The highest BCUT2D eigenvalue weighted by Crippen LogP contribution is 2.27. The van der Waals surface area contributed by atoms with Gasteiger partial charge in [-0.2, -0.15) is 0 Å². The molecule has 1 nitrogen and oxygen atoms in total. The molecule has 0 aliphatic rings. The van der Waals surface area contributed by atoms with E-state index < -0.39 is 5.60 Å². The van der Waals surface area contributed by atoms with Crippen LogP contribution in [0.3, 0.4) is 0 Å². The van der Waals surface area contributed by atoms with E-state index in [0.29, 0.717) is 5.02 Å². The van der Waals surface area contributed by atoms with Crippen molar-refractivity contribution in [2.75, 3.05) is 0 Å². The highest BCUT2D eigenvalue weighted by Gasteiger charge is 2.18. The Hall–Kier alpha value is 0.200. The molecule has 3 heteroatoms. The van der Waals surface area contributed by atoms with Crippen molar-refractivity contribution in [1.82, 2.24) is 0 Å². The lowest BCUT2D eigenvalue weighted by Gasteiger charge is -2.19. The van der Waals surface area contributed by atoms with E-state index in [2.05, 4.69) is 22.6 Å². The van der Waals surface area contributed by atoms with Crippen molar-refractivity contribution >= 4 is 34.2 Å². The molecule has 0 fully saturated rings. The van der Waals surface area contributed by atoms with Crippen LogP contribution < -0.4 is 0 Å². The standard InChI is InChI=1S/C9H10ClIO/c1-9(2,12)7-5-6(10)3-4-8(7)11/h3-5,12H,1-2H3. The highest BCUT2D eigenvalue weighted by atomic mass is 127. The molecule has 0 aliphatic carbocycles. The molecule has 0 radical (unpaired) electrons. The maximum Gasteiger partial charge on any atom is 0.0851 e. The number of aliphatic hydroxyl groups is 1. The van der Waals surface area contributed by atoms with Gasteiger partial charge in [0.05, 0.1) is 5.60 Å². The number of halogens is 2. The lowest BCUT2D eigenvalue weighted by atomic mass is 9.99. The van der Waals surface area contributed by atoms with Crippen LogP contribution in [0, 0.1) is 3.57 Å². The Kier molecular flexibility index (Phi) is 3.01. The van der Waals surface area contributed by atoms with Crippen LogP contribution in [-0.4, -0.2) is 5.11 Å². The van der Waals surface area contributed by atoms with Crippen LogP contribution in [0.1, 0.15) is 19.4 Å². The van der Waals surface area contributed by atoms with Crippen LogP contribution in [0.2, 0.25) is 5.02 Å². The van der Waals surface area contributed by atoms with Gasteiger partial charge < -0.3 is 5.11 Å². The number of benzene rings is 1. The summed E-state index contributed by atoms with van der Waals surface area (Å²) in [6.07, 6.45) is 0. The molecule has 1 N–H and O–H groups in total. The largest absolute Gasteiger partial charge is 0.386 e. The van der Waals surface area contributed by atoms with Gasteiger partial charge in [-0.3, -0.25) is 0 Å². The van der Waals surface area contributed by atoms with Crippen molar-refractivity contribution in [2.24, 2.45) is 0 Å². The van der Waals surface area contributed by atoms with Crippen LogP contribution in [0.4, 0.5) is 0 Å². The van der Waals surface area contributed by atoms with Crippen LogP contribution in [0.15, 0.2) is 18.2 Å². The first-order chi connectivity index (χ1) is 5.41. The van der Waals surface area contributed by atoms with E-state index in [9.17, 15) is 5.11 Å². The second kappa shape index (κ2) is 3.52. The highest BCUT2D eigenvalue weighted by molar-refractivity contribution is 14.1.